The van der Waals surface area contributed by atoms with Gasteiger partial charge in [0.2, 0.25) is 0 Å². The summed E-state index contributed by atoms with van der Waals surface area (Å²) in [5.41, 5.74) is 0. The van der Waals surface area contributed by atoms with E-state index in [0.717, 1.165) is 0 Å². The Labute approximate surface area is 147 Å². The van der Waals surface area contributed by atoms with E-state index in [1.165, 1.54) is 6.92 Å². The summed E-state index contributed by atoms with van der Waals surface area (Å²) < 4.78 is 146. The maximum Gasteiger partial charge on any atom is 1.00 e. The summed E-state index contributed by atoms with van der Waals surface area (Å²) >= 11 is 0. The molecule has 0 rings (SSSR count). The molecule has 0 aliphatic heterocycles. The number of rotatable bonds is 8. The number of alkyl halides is 9. The first kappa shape index (κ1) is 25.5. The van der Waals surface area contributed by atoms with E-state index in [1.807, 2.05) is 0 Å². The molecule has 1 atom stereocenters. The summed E-state index contributed by atoms with van der Waals surface area (Å²) in [6.07, 6.45) is -5.75. The number of halogens is 9. The van der Waals surface area contributed by atoms with E-state index in [9.17, 15) is 52.5 Å². The molecule has 14 heteroatoms. The van der Waals surface area contributed by atoms with Gasteiger partial charge < -0.3 is 4.55 Å². The molecule has 3 nitrogen and oxygen atoms in total. The van der Waals surface area contributed by atoms with Gasteiger partial charge in [0.25, 0.3) is 0 Å². The van der Waals surface area contributed by atoms with E-state index >= 15 is 0 Å². The number of hydrogen-bond acceptors (Lipinski definition) is 3. The van der Waals surface area contributed by atoms with Crippen LogP contribution in [0, 0.1) is 0 Å². The van der Waals surface area contributed by atoms with Crippen LogP contribution in [-0.2, 0) is 10.1 Å². The third-order valence-corrected chi connectivity index (χ3v) is 3.58. The van der Waals surface area contributed by atoms with E-state index in [0.29, 0.717) is 0 Å². The van der Waals surface area contributed by atoms with Crippen LogP contribution < -0.4 is 29.6 Å². The second-order valence-corrected chi connectivity index (χ2v) is 5.77. The van der Waals surface area contributed by atoms with Gasteiger partial charge in [-0.1, -0.05) is 19.8 Å². The fourth-order valence-corrected chi connectivity index (χ4v) is 1.75. The van der Waals surface area contributed by atoms with E-state index < -0.39 is 52.2 Å². The molecule has 0 amide bonds. The van der Waals surface area contributed by atoms with E-state index in [1.54, 1.807) is 0 Å². The van der Waals surface area contributed by atoms with Gasteiger partial charge in [-0.2, -0.15) is 35.1 Å². The molecule has 0 aliphatic carbocycles. The Balaban J connectivity index is 0. The van der Waals surface area contributed by atoms with Gasteiger partial charge in [0.15, 0.2) is 16.3 Å². The van der Waals surface area contributed by atoms with Crippen LogP contribution in [0.25, 0.3) is 0 Å². The molecule has 0 N–H and O–H groups in total. The molecule has 0 heterocycles. The minimum atomic E-state index is -7.42. The molecule has 0 saturated heterocycles. The molecule has 0 aromatic carbocycles. The normalized spacial score (nSPS) is 16.0. The van der Waals surface area contributed by atoms with Crippen LogP contribution in [0.1, 0.15) is 26.2 Å². The largest absolute Gasteiger partial charge is 1.00 e. The monoisotopic (exact) mass is 392 g/mol. The van der Waals surface area contributed by atoms with Crippen molar-refractivity contribution in [1.29, 1.82) is 0 Å². The molecule has 1 unspecified atom stereocenters. The van der Waals surface area contributed by atoms with Crippen molar-refractivity contribution in [3.63, 3.8) is 0 Å². The molecule has 0 radical (unpaired) electrons. The van der Waals surface area contributed by atoms with Gasteiger partial charge in [-0.25, -0.2) is 12.8 Å². The average molecular weight is 392 g/mol. The zero-order chi connectivity index (χ0) is 18.2. The fourth-order valence-electron chi connectivity index (χ4n) is 1.31. The van der Waals surface area contributed by atoms with Gasteiger partial charge >= 0.3 is 52.6 Å². The summed E-state index contributed by atoms with van der Waals surface area (Å²) in [5.74, 6) is -20.8. The summed E-state index contributed by atoms with van der Waals surface area (Å²) in [4.78, 5) is 0. The third kappa shape index (κ3) is 4.28. The minimum Gasteiger partial charge on any atom is -0.743 e. The van der Waals surface area contributed by atoms with Crippen LogP contribution >= 0.6 is 0 Å². The van der Waals surface area contributed by atoms with Crippen molar-refractivity contribution in [3.8, 4) is 0 Å². The van der Waals surface area contributed by atoms with Gasteiger partial charge in [-0.3, -0.25) is 0 Å². The first-order chi connectivity index (χ1) is 9.48. The van der Waals surface area contributed by atoms with Gasteiger partial charge in [0, 0.05) is 0 Å². The van der Waals surface area contributed by atoms with Crippen molar-refractivity contribution in [3.05, 3.63) is 0 Å². The van der Waals surface area contributed by atoms with Gasteiger partial charge in [-0.05, 0) is 6.42 Å². The molecular weight excluding hydrogens is 382 g/mol. The Hall–Kier alpha value is 0.280. The number of hydrogen-bond donors (Lipinski definition) is 0. The van der Waals surface area contributed by atoms with Crippen LogP contribution in [0.15, 0.2) is 0 Å². The van der Waals surface area contributed by atoms with Gasteiger partial charge in [0.05, 0.1) is 0 Å². The summed E-state index contributed by atoms with van der Waals surface area (Å²) in [6, 6.07) is 0. The second-order valence-electron chi connectivity index (χ2n) is 4.35. The molecule has 0 aliphatic rings. The van der Waals surface area contributed by atoms with Crippen LogP contribution in [0.5, 0.6) is 0 Å². The van der Waals surface area contributed by atoms with Crippen molar-refractivity contribution in [2.24, 2.45) is 0 Å². The fraction of sp³-hybridized carbons (Fsp3) is 1.00. The topological polar surface area (TPSA) is 57.2 Å². The predicted molar refractivity (Wildman–Crippen MR) is 53.9 cm³/mol. The molecule has 0 bridgehead atoms. The summed E-state index contributed by atoms with van der Waals surface area (Å²) in [6.45, 7) is 1.32. The molecule has 134 valence electrons. The Morgan fingerprint density at radius 3 is 1.65 bits per heavy atom. The molecule has 0 fully saturated rings. The van der Waals surface area contributed by atoms with Crippen LogP contribution in [0.2, 0.25) is 0 Å². The second kappa shape index (κ2) is 7.67. The van der Waals surface area contributed by atoms with Crippen LogP contribution in [0.3, 0.4) is 0 Å². The predicted octanol–water partition coefficient (Wildman–Crippen LogP) is 0.563. The molecule has 0 saturated carbocycles. The zero-order valence-corrected chi connectivity index (χ0v) is 14.5. The molecule has 0 spiro atoms. The zero-order valence-electron chi connectivity index (χ0n) is 11.7. The molecule has 0 aromatic rings. The Morgan fingerprint density at radius 2 is 1.35 bits per heavy atom. The van der Waals surface area contributed by atoms with Crippen molar-refractivity contribution in [2.75, 3.05) is 0 Å². The standard InChI is InChI=1S/C9H11F9O3S.Na/c1-2-3-4-5(10)6(11,12)7(13,14)8(15,16)9(17,18)22(19,20)21;/h5H,2-4H2,1H3,(H,19,20,21);/q;+1/p-1. The van der Waals surface area contributed by atoms with Gasteiger partial charge in [0.1, 0.15) is 0 Å². The Morgan fingerprint density at radius 1 is 0.957 bits per heavy atom. The van der Waals surface area contributed by atoms with Crippen molar-refractivity contribution < 1.29 is 82.0 Å². The number of unbranched alkanes of at least 4 members (excludes halogenated alkanes) is 1. The Bertz CT molecular complexity index is 494. The molecular formula is C9H10F9NaO3S. The molecule has 0 aromatic heterocycles. The maximum absolute atomic E-state index is 13.1. The average Bonchev–Trinajstić information content (AvgIpc) is 2.33. The van der Waals surface area contributed by atoms with E-state index in [4.69, 9.17) is 0 Å². The smallest absolute Gasteiger partial charge is 0.743 e. The van der Waals surface area contributed by atoms with Crippen molar-refractivity contribution in [1.82, 2.24) is 0 Å². The van der Waals surface area contributed by atoms with Crippen molar-refractivity contribution in [2.45, 2.75) is 55.4 Å². The minimum absolute atomic E-state index is 0. The van der Waals surface area contributed by atoms with Crippen LogP contribution in [-0.4, -0.2) is 42.2 Å². The quantitative estimate of drug-likeness (QED) is 0.345. The summed E-state index contributed by atoms with van der Waals surface area (Å²) in [7, 11) is -7.42. The van der Waals surface area contributed by atoms with Crippen molar-refractivity contribution >= 4 is 10.1 Å². The van der Waals surface area contributed by atoms with E-state index in [-0.39, 0.29) is 36.0 Å². The van der Waals surface area contributed by atoms with Crippen LogP contribution in [0.4, 0.5) is 39.5 Å². The van der Waals surface area contributed by atoms with E-state index in [2.05, 4.69) is 0 Å². The first-order valence-electron chi connectivity index (χ1n) is 5.59. The summed E-state index contributed by atoms with van der Waals surface area (Å²) in [5, 5.41) is -7.06. The SMILES string of the molecule is CCCCC(F)C(F)(F)C(F)(F)C(F)(F)C(F)(F)S(=O)(=O)[O-].[Na+]. The maximum atomic E-state index is 13.1. The molecule has 23 heavy (non-hydrogen) atoms. The third-order valence-electron chi connectivity index (χ3n) is 2.70. The van der Waals surface area contributed by atoms with Gasteiger partial charge in [-0.15, -0.1) is 0 Å². The first-order valence-corrected chi connectivity index (χ1v) is 7.00. The Kier molecular flexibility index (Phi) is 8.50.